The molecule has 3 atom stereocenters. The highest BCUT2D eigenvalue weighted by molar-refractivity contribution is 6.32. The van der Waals surface area contributed by atoms with Crippen molar-refractivity contribution in [2.24, 2.45) is 5.92 Å². The Morgan fingerprint density at radius 2 is 2.00 bits per heavy atom. The van der Waals surface area contributed by atoms with Crippen molar-refractivity contribution in [2.75, 3.05) is 0 Å². The Hall–Kier alpha value is -1.81. The van der Waals surface area contributed by atoms with Gasteiger partial charge in [0.1, 0.15) is 0 Å². The molecule has 0 aromatic heterocycles. The first kappa shape index (κ1) is 18.5. The van der Waals surface area contributed by atoms with Gasteiger partial charge in [-0.05, 0) is 43.4 Å². The van der Waals surface area contributed by atoms with Gasteiger partial charge in [0.15, 0.2) is 6.10 Å². The van der Waals surface area contributed by atoms with Crippen LogP contribution in [0, 0.1) is 5.92 Å². The number of hydrogen-bond donors (Lipinski definition) is 1. The summed E-state index contributed by atoms with van der Waals surface area (Å²) in [5.41, 5.74) is 0.726. The Labute approximate surface area is 148 Å². The summed E-state index contributed by atoms with van der Waals surface area (Å²) in [6, 6.07) is 7.36. The number of rotatable bonds is 5. The molecule has 24 heavy (non-hydrogen) atoms. The Kier molecular flexibility index (Phi) is 6.85. The number of hydrogen-bond acceptors (Lipinski definition) is 3. The summed E-state index contributed by atoms with van der Waals surface area (Å²) in [6.45, 7) is 3.73. The molecule has 2 rings (SSSR count). The largest absolute Gasteiger partial charge is 0.449 e. The van der Waals surface area contributed by atoms with E-state index in [-0.39, 0.29) is 11.9 Å². The minimum Gasteiger partial charge on any atom is -0.449 e. The molecule has 0 bridgehead atoms. The van der Waals surface area contributed by atoms with E-state index >= 15 is 0 Å². The maximum Gasteiger partial charge on any atom is 0.331 e. The van der Waals surface area contributed by atoms with Gasteiger partial charge in [0.25, 0.3) is 5.91 Å². The van der Waals surface area contributed by atoms with Crippen LogP contribution in [0.1, 0.15) is 45.1 Å². The van der Waals surface area contributed by atoms with Gasteiger partial charge in [-0.2, -0.15) is 0 Å². The number of halogens is 1. The summed E-state index contributed by atoms with van der Waals surface area (Å²) in [6.07, 6.45) is 6.50. The Morgan fingerprint density at radius 1 is 1.29 bits per heavy atom. The van der Waals surface area contributed by atoms with Crippen LogP contribution >= 0.6 is 11.6 Å². The van der Waals surface area contributed by atoms with Crippen LogP contribution in [-0.2, 0) is 14.3 Å². The first-order valence-electron chi connectivity index (χ1n) is 8.41. The fourth-order valence-corrected chi connectivity index (χ4v) is 3.06. The molecule has 0 saturated heterocycles. The summed E-state index contributed by atoms with van der Waals surface area (Å²) < 4.78 is 5.17. The number of carbonyl (C=O) groups is 2. The van der Waals surface area contributed by atoms with Crippen LogP contribution in [0.15, 0.2) is 30.3 Å². The van der Waals surface area contributed by atoms with Gasteiger partial charge in [0.05, 0.1) is 0 Å². The van der Waals surface area contributed by atoms with Crippen molar-refractivity contribution in [2.45, 2.75) is 51.7 Å². The zero-order valence-electron chi connectivity index (χ0n) is 14.1. The molecular formula is C19H24ClNO3. The van der Waals surface area contributed by atoms with E-state index in [0.717, 1.165) is 24.8 Å². The molecule has 1 N–H and O–H groups in total. The zero-order valence-corrected chi connectivity index (χ0v) is 14.9. The molecule has 0 unspecified atom stereocenters. The predicted molar refractivity (Wildman–Crippen MR) is 95.6 cm³/mol. The minimum atomic E-state index is -0.817. The van der Waals surface area contributed by atoms with Crippen molar-refractivity contribution in [3.8, 4) is 0 Å². The Bertz CT molecular complexity index is 614. The van der Waals surface area contributed by atoms with Crippen LogP contribution in [-0.4, -0.2) is 24.0 Å². The third-order valence-corrected chi connectivity index (χ3v) is 4.75. The highest BCUT2D eigenvalue weighted by Gasteiger charge is 2.25. The van der Waals surface area contributed by atoms with Crippen molar-refractivity contribution in [1.82, 2.24) is 5.32 Å². The second kappa shape index (κ2) is 8.88. The second-order valence-electron chi connectivity index (χ2n) is 6.31. The SMILES string of the molecule is C[C@H](OC(=O)/C=C/c1ccccc1Cl)C(=O)N[C@H]1CCCC[C@H]1C. The average Bonchev–Trinajstić information content (AvgIpc) is 2.56. The topological polar surface area (TPSA) is 55.4 Å². The first-order chi connectivity index (χ1) is 11.5. The van der Waals surface area contributed by atoms with Gasteiger partial charge in [0, 0.05) is 17.1 Å². The number of ether oxygens (including phenoxy) is 1. The standard InChI is InChI=1S/C19H24ClNO3/c1-13-7-3-6-10-17(13)21-19(23)14(2)24-18(22)12-11-15-8-4-5-9-16(15)20/h4-5,8-9,11-14,17H,3,6-7,10H2,1-2H3,(H,21,23)/b12-11+/t13-,14+,17+/m1/s1. The molecule has 1 amide bonds. The lowest BCUT2D eigenvalue weighted by Gasteiger charge is -2.30. The van der Waals surface area contributed by atoms with E-state index in [1.54, 1.807) is 25.1 Å². The normalized spacial score (nSPS) is 22.1. The zero-order chi connectivity index (χ0) is 17.5. The van der Waals surface area contributed by atoms with Gasteiger partial charge < -0.3 is 10.1 Å². The quantitative estimate of drug-likeness (QED) is 0.646. The van der Waals surface area contributed by atoms with E-state index in [9.17, 15) is 9.59 Å². The van der Waals surface area contributed by atoms with Crippen LogP contribution in [0.25, 0.3) is 6.08 Å². The molecule has 0 aliphatic heterocycles. The van der Waals surface area contributed by atoms with Gasteiger partial charge in [-0.15, -0.1) is 0 Å². The Balaban J connectivity index is 1.84. The summed E-state index contributed by atoms with van der Waals surface area (Å²) >= 11 is 6.02. The molecule has 1 fully saturated rings. The lowest BCUT2D eigenvalue weighted by molar-refractivity contribution is -0.150. The molecule has 1 aliphatic carbocycles. The number of esters is 1. The fraction of sp³-hybridized carbons (Fsp3) is 0.474. The van der Waals surface area contributed by atoms with Crippen molar-refractivity contribution in [3.63, 3.8) is 0 Å². The molecule has 5 heteroatoms. The molecule has 4 nitrogen and oxygen atoms in total. The van der Waals surface area contributed by atoms with E-state index in [1.807, 2.05) is 12.1 Å². The van der Waals surface area contributed by atoms with Crippen LogP contribution in [0.2, 0.25) is 5.02 Å². The summed E-state index contributed by atoms with van der Waals surface area (Å²) in [4.78, 5) is 24.1. The second-order valence-corrected chi connectivity index (χ2v) is 6.72. The molecule has 0 spiro atoms. The third-order valence-electron chi connectivity index (χ3n) is 4.41. The van der Waals surface area contributed by atoms with E-state index in [4.69, 9.17) is 16.3 Å². The van der Waals surface area contributed by atoms with Gasteiger partial charge in [-0.25, -0.2) is 4.79 Å². The van der Waals surface area contributed by atoms with Crippen LogP contribution < -0.4 is 5.32 Å². The molecule has 1 aromatic rings. The smallest absolute Gasteiger partial charge is 0.331 e. The molecule has 0 radical (unpaired) electrons. The van der Waals surface area contributed by atoms with E-state index in [2.05, 4.69) is 12.2 Å². The molecule has 130 valence electrons. The number of carbonyl (C=O) groups excluding carboxylic acids is 2. The van der Waals surface area contributed by atoms with Crippen molar-refractivity contribution in [3.05, 3.63) is 40.9 Å². The molecular weight excluding hydrogens is 326 g/mol. The molecule has 1 aliphatic rings. The first-order valence-corrected chi connectivity index (χ1v) is 8.78. The Morgan fingerprint density at radius 3 is 2.71 bits per heavy atom. The number of nitrogens with one attached hydrogen (secondary N) is 1. The van der Waals surface area contributed by atoms with E-state index in [0.29, 0.717) is 10.9 Å². The highest BCUT2D eigenvalue weighted by Crippen LogP contribution is 2.23. The maximum atomic E-state index is 12.2. The van der Waals surface area contributed by atoms with Gasteiger partial charge in [-0.3, -0.25) is 4.79 Å². The highest BCUT2D eigenvalue weighted by atomic mass is 35.5. The lowest BCUT2D eigenvalue weighted by Crippen LogP contribution is -2.45. The monoisotopic (exact) mass is 349 g/mol. The van der Waals surface area contributed by atoms with Crippen LogP contribution in [0.3, 0.4) is 0 Å². The van der Waals surface area contributed by atoms with Crippen molar-refractivity contribution >= 4 is 29.6 Å². The predicted octanol–water partition coefficient (Wildman–Crippen LogP) is 3.98. The molecule has 0 heterocycles. The molecule has 1 aromatic carbocycles. The van der Waals surface area contributed by atoms with E-state index in [1.165, 1.54) is 12.5 Å². The lowest BCUT2D eigenvalue weighted by atomic mass is 9.86. The van der Waals surface area contributed by atoms with Crippen LogP contribution in [0.5, 0.6) is 0 Å². The van der Waals surface area contributed by atoms with Gasteiger partial charge >= 0.3 is 5.97 Å². The van der Waals surface area contributed by atoms with E-state index < -0.39 is 12.1 Å². The summed E-state index contributed by atoms with van der Waals surface area (Å²) in [5.74, 6) is -0.340. The summed E-state index contributed by atoms with van der Waals surface area (Å²) in [7, 11) is 0. The van der Waals surface area contributed by atoms with Gasteiger partial charge in [-0.1, -0.05) is 49.6 Å². The van der Waals surface area contributed by atoms with Gasteiger partial charge in [0.2, 0.25) is 0 Å². The maximum absolute atomic E-state index is 12.2. The third kappa shape index (κ3) is 5.38. The molecule has 1 saturated carbocycles. The summed E-state index contributed by atoms with van der Waals surface area (Å²) in [5, 5.41) is 3.55. The van der Waals surface area contributed by atoms with Crippen LogP contribution in [0.4, 0.5) is 0 Å². The van der Waals surface area contributed by atoms with Crippen molar-refractivity contribution < 1.29 is 14.3 Å². The number of benzene rings is 1. The average molecular weight is 350 g/mol. The van der Waals surface area contributed by atoms with Crippen molar-refractivity contribution in [1.29, 1.82) is 0 Å². The number of amides is 1. The minimum absolute atomic E-state index is 0.172. The fourth-order valence-electron chi connectivity index (χ4n) is 2.87.